The number of aromatic nitrogens is 1. The Morgan fingerprint density at radius 2 is 1.85 bits per heavy atom. The Labute approximate surface area is 200 Å². The number of sulfonamides is 1. The van der Waals surface area contributed by atoms with E-state index in [1.54, 1.807) is 7.11 Å². The molecule has 2 N–H and O–H groups in total. The Hall–Kier alpha value is -2.88. The molecule has 0 saturated carbocycles. The van der Waals surface area contributed by atoms with Crippen molar-refractivity contribution >= 4 is 26.8 Å². The van der Waals surface area contributed by atoms with E-state index < -0.39 is 10.0 Å². The maximum Gasteiger partial charge on any atom is 0.234 e. The average molecular weight is 485 g/mol. The molecule has 3 aromatic rings. The largest absolute Gasteiger partial charge is 0.497 e. The van der Waals surface area contributed by atoms with Crippen LogP contribution in [0, 0.1) is 0 Å². The van der Waals surface area contributed by atoms with Crippen LogP contribution in [-0.2, 0) is 14.8 Å². The molecule has 2 heterocycles. The van der Waals surface area contributed by atoms with Crippen molar-refractivity contribution in [2.75, 3.05) is 52.6 Å². The molecule has 0 aliphatic carbocycles. The molecule has 0 spiro atoms. The summed E-state index contributed by atoms with van der Waals surface area (Å²) in [7, 11) is -1.56. The highest BCUT2D eigenvalue weighted by molar-refractivity contribution is 7.88. The van der Waals surface area contributed by atoms with Gasteiger partial charge in [-0.2, -0.15) is 0 Å². The van der Waals surface area contributed by atoms with Crippen LogP contribution in [0.25, 0.3) is 10.9 Å². The Morgan fingerprint density at radius 3 is 2.59 bits per heavy atom. The molecule has 1 aromatic heterocycles. The Kier molecular flexibility index (Phi) is 7.55. The second-order valence-corrected chi connectivity index (χ2v) is 10.7. The normalized spacial score (nSPS) is 16.8. The molecule has 0 bridgehead atoms. The van der Waals surface area contributed by atoms with Gasteiger partial charge in [-0.25, -0.2) is 12.7 Å². The lowest BCUT2D eigenvalue weighted by Crippen LogP contribution is -2.41. The van der Waals surface area contributed by atoms with Crippen LogP contribution in [0.4, 0.5) is 0 Å². The third-order valence-electron chi connectivity index (χ3n) is 6.40. The van der Waals surface area contributed by atoms with Crippen molar-refractivity contribution in [1.82, 2.24) is 19.5 Å². The summed E-state index contributed by atoms with van der Waals surface area (Å²) in [5.41, 5.74) is 3.27. The molecule has 4 rings (SSSR count). The highest BCUT2D eigenvalue weighted by Crippen LogP contribution is 2.31. The minimum absolute atomic E-state index is 0.0316. The lowest BCUT2D eigenvalue weighted by atomic mass is 9.90. The first-order chi connectivity index (χ1) is 16.3. The molecule has 1 fully saturated rings. The standard InChI is InChI=1S/C25H32N4O4S/c1-33-20-10-8-19(9-11-20)22(23-17-26-24-7-4-3-6-21(23)24)16-27-25(30)18-28-12-5-13-29(15-14-28)34(2,31)32/h3-4,6-11,17,22,26H,5,12-16,18H2,1-2H3,(H,27,30). The zero-order valence-electron chi connectivity index (χ0n) is 19.7. The summed E-state index contributed by atoms with van der Waals surface area (Å²) in [5.74, 6) is 0.691. The van der Waals surface area contributed by atoms with Gasteiger partial charge >= 0.3 is 0 Å². The predicted octanol–water partition coefficient (Wildman–Crippen LogP) is 2.39. The summed E-state index contributed by atoms with van der Waals surface area (Å²) in [6.07, 6.45) is 3.96. The summed E-state index contributed by atoms with van der Waals surface area (Å²) in [6.45, 7) is 2.86. The summed E-state index contributed by atoms with van der Waals surface area (Å²) >= 11 is 0. The first-order valence-electron chi connectivity index (χ1n) is 11.5. The van der Waals surface area contributed by atoms with E-state index in [1.807, 2.05) is 53.6 Å². The van der Waals surface area contributed by atoms with Crippen molar-refractivity contribution in [2.45, 2.75) is 12.3 Å². The van der Waals surface area contributed by atoms with Gasteiger partial charge in [-0.05, 0) is 42.3 Å². The lowest BCUT2D eigenvalue weighted by Gasteiger charge is -2.22. The third-order valence-corrected chi connectivity index (χ3v) is 7.71. The van der Waals surface area contributed by atoms with Gasteiger partial charge in [-0.1, -0.05) is 30.3 Å². The van der Waals surface area contributed by atoms with Gasteiger partial charge in [0.15, 0.2) is 0 Å². The molecule has 1 saturated heterocycles. The van der Waals surface area contributed by atoms with Gasteiger partial charge in [0.2, 0.25) is 15.9 Å². The van der Waals surface area contributed by atoms with E-state index in [0.29, 0.717) is 39.1 Å². The number of nitrogens with zero attached hydrogens (tertiary/aromatic N) is 2. The fourth-order valence-electron chi connectivity index (χ4n) is 4.54. The minimum atomic E-state index is -3.21. The number of para-hydroxylation sites is 1. The molecule has 1 atom stereocenters. The fourth-order valence-corrected chi connectivity index (χ4v) is 5.41. The molecule has 182 valence electrons. The number of H-pyrrole nitrogens is 1. The van der Waals surface area contributed by atoms with Crippen molar-refractivity contribution in [3.63, 3.8) is 0 Å². The predicted molar refractivity (Wildman–Crippen MR) is 134 cm³/mol. The molecule has 1 aliphatic heterocycles. The van der Waals surface area contributed by atoms with E-state index in [0.717, 1.165) is 27.8 Å². The molecule has 1 amide bonds. The smallest absolute Gasteiger partial charge is 0.234 e. The number of carbonyl (C=O) groups is 1. The van der Waals surface area contributed by atoms with Gasteiger partial charge in [-0.15, -0.1) is 0 Å². The number of nitrogens with one attached hydrogen (secondary N) is 2. The summed E-state index contributed by atoms with van der Waals surface area (Å²) in [4.78, 5) is 18.2. The van der Waals surface area contributed by atoms with Crippen LogP contribution >= 0.6 is 0 Å². The minimum Gasteiger partial charge on any atom is -0.497 e. The highest BCUT2D eigenvalue weighted by atomic mass is 32.2. The quantitative estimate of drug-likeness (QED) is 0.512. The molecular weight excluding hydrogens is 452 g/mol. The number of benzene rings is 2. The summed E-state index contributed by atoms with van der Waals surface area (Å²) in [5, 5.41) is 4.24. The molecule has 8 nitrogen and oxygen atoms in total. The Morgan fingerprint density at radius 1 is 1.09 bits per heavy atom. The summed E-state index contributed by atoms with van der Waals surface area (Å²) in [6, 6.07) is 16.1. The molecule has 0 radical (unpaired) electrons. The SMILES string of the molecule is COc1ccc(C(CNC(=O)CN2CCCN(S(C)(=O)=O)CC2)c2c[nH]c3ccccc23)cc1. The van der Waals surface area contributed by atoms with Crippen molar-refractivity contribution in [2.24, 2.45) is 0 Å². The molecule has 1 aliphatic rings. The maximum atomic E-state index is 12.9. The van der Waals surface area contributed by atoms with Crippen LogP contribution < -0.4 is 10.1 Å². The Balaban J connectivity index is 1.46. The molecular formula is C25H32N4O4S. The molecule has 34 heavy (non-hydrogen) atoms. The van der Waals surface area contributed by atoms with Crippen LogP contribution in [0.1, 0.15) is 23.5 Å². The van der Waals surface area contributed by atoms with E-state index in [-0.39, 0.29) is 18.4 Å². The van der Waals surface area contributed by atoms with Crippen molar-refractivity contribution in [3.05, 3.63) is 65.9 Å². The van der Waals surface area contributed by atoms with Gasteiger partial charge in [0.1, 0.15) is 5.75 Å². The Bertz CT molecular complexity index is 1220. The number of hydrogen-bond donors (Lipinski definition) is 2. The maximum absolute atomic E-state index is 12.9. The van der Waals surface area contributed by atoms with Crippen LogP contribution in [0.5, 0.6) is 5.75 Å². The zero-order valence-corrected chi connectivity index (χ0v) is 20.5. The van der Waals surface area contributed by atoms with Crippen molar-refractivity contribution in [1.29, 1.82) is 0 Å². The van der Waals surface area contributed by atoms with E-state index in [4.69, 9.17) is 4.74 Å². The van der Waals surface area contributed by atoms with E-state index in [2.05, 4.69) is 16.4 Å². The highest BCUT2D eigenvalue weighted by Gasteiger charge is 2.23. The van der Waals surface area contributed by atoms with Crippen molar-refractivity contribution < 1.29 is 17.9 Å². The first kappa shape index (κ1) is 24.3. The van der Waals surface area contributed by atoms with Gasteiger partial charge in [0.25, 0.3) is 0 Å². The second kappa shape index (κ2) is 10.6. The number of methoxy groups -OCH3 is 1. The second-order valence-electron chi connectivity index (χ2n) is 8.71. The van der Waals surface area contributed by atoms with Crippen LogP contribution in [0.15, 0.2) is 54.7 Å². The van der Waals surface area contributed by atoms with Gasteiger partial charge in [0, 0.05) is 49.2 Å². The molecule has 2 aromatic carbocycles. The molecule has 9 heteroatoms. The van der Waals surface area contributed by atoms with Gasteiger partial charge in [-0.3, -0.25) is 9.69 Å². The number of hydrogen-bond acceptors (Lipinski definition) is 5. The number of aromatic amines is 1. The number of ether oxygens (including phenoxy) is 1. The number of fused-ring (bicyclic) bond motifs is 1. The van der Waals surface area contributed by atoms with Crippen LogP contribution in [0.3, 0.4) is 0 Å². The van der Waals surface area contributed by atoms with Gasteiger partial charge in [0.05, 0.1) is 19.9 Å². The van der Waals surface area contributed by atoms with E-state index in [9.17, 15) is 13.2 Å². The number of carbonyl (C=O) groups excluding carboxylic acids is 1. The molecule has 1 unspecified atom stereocenters. The first-order valence-corrected chi connectivity index (χ1v) is 13.3. The summed E-state index contributed by atoms with van der Waals surface area (Å²) < 4.78 is 30.5. The van der Waals surface area contributed by atoms with E-state index in [1.165, 1.54) is 10.6 Å². The average Bonchev–Trinajstić information content (AvgIpc) is 3.09. The van der Waals surface area contributed by atoms with Crippen LogP contribution in [-0.4, -0.2) is 81.1 Å². The van der Waals surface area contributed by atoms with Crippen molar-refractivity contribution in [3.8, 4) is 5.75 Å². The lowest BCUT2D eigenvalue weighted by molar-refractivity contribution is -0.122. The van der Waals surface area contributed by atoms with Crippen LogP contribution in [0.2, 0.25) is 0 Å². The monoisotopic (exact) mass is 484 g/mol. The zero-order chi connectivity index (χ0) is 24.1. The van der Waals surface area contributed by atoms with E-state index >= 15 is 0 Å². The number of amides is 1. The topological polar surface area (TPSA) is 94.7 Å². The fraction of sp³-hybridized carbons (Fsp3) is 0.400. The third kappa shape index (κ3) is 5.78. The van der Waals surface area contributed by atoms with Gasteiger partial charge < -0.3 is 15.0 Å². The number of rotatable bonds is 8.